The predicted octanol–water partition coefficient (Wildman–Crippen LogP) is 1.49. The number of aromatic nitrogens is 2. The maximum Gasteiger partial charge on any atom is 0.326 e. The zero-order valence-electron chi connectivity index (χ0n) is 8.85. The molecule has 5 nitrogen and oxygen atoms in total. The van der Waals surface area contributed by atoms with Crippen molar-refractivity contribution in [2.45, 2.75) is 25.8 Å². The predicted molar refractivity (Wildman–Crippen MR) is 59.8 cm³/mol. The van der Waals surface area contributed by atoms with Crippen molar-refractivity contribution in [1.29, 1.82) is 0 Å². The van der Waals surface area contributed by atoms with Crippen LogP contribution in [0.2, 0.25) is 5.15 Å². The number of aliphatic carboxylic acids is 1. The van der Waals surface area contributed by atoms with E-state index in [0.29, 0.717) is 29.8 Å². The first-order valence-electron chi connectivity index (χ1n) is 5.08. The van der Waals surface area contributed by atoms with Gasteiger partial charge in [-0.05, 0) is 19.8 Å². The average molecular weight is 242 g/mol. The maximum absolute atomic E-state index is 11.0. The molecular weight excluding hydrogens is 230 g/mol. The van der Waals surface area contributed by atoms with E-state index in [1.54, 1.807) is 17.9 Å². The molecule has 1 aliphatic rings. The van der Waals surface area contributed by atoms with Crippen molar-refractivity contribution < 1.29 is 9.90 Å². The Balaban J connectivity index is 2.32. The standard InChI is InChI=1S/C10H12ClN3O2/c1-6-12-8(11)5-9(13-6)14-4-2-3-7(14)10(15)16/h5,7H,2-4H2,1H3,(H,15,16)/t7-/m0/s1. The average Bonchev–Trinajstić information content (AvgIpc) is 2.63. The first-order chi connectivity index (χ1) is 7.58. The molecule has 86 valence electrons. The molecule has 1 saturated heterocycles. The quantitative estimate of drug-likeness (QED) is 0.795. The molecule has 2 rings (SSSR count). The maximum atomic E-state index is 11.0. The van der Waals surface area contributed by atoms with Crippen LogP contribution in [0, 0.1) is 6.92 Å². The van der Waals surface area contributed by atoms with Gasteiger partial charge in [0, 0.05) is 12.6 Å². The van der Waals surface area contributed by atoms with E-state index in [2.05, 4.69) is 9.97 Å². The lowest BCUT2D eigenvalue weighted by Crippen LogP contribution is -2.36. The Kier molecular flexibility index (Phi) is 2.96. The number of carboxylic acid groups (broad SMARTS) is 1. The monoisotopic (exact) mass is 241 g/mol. The molecule has 0 unspecified atom stereocenters. The van der Waals surface area contributed by atoms with E-state index in [1.807, 2.05) is 0 Å². The molecule has 0 bridgehead atoms. The topological polar surface area (TPSA) is 66.3 Å². The molecule has 1 fully saturated rings. The number of halogens is 1. The number of hydrogen-bond acceptors (Lipinski definition) is 4. The zero-order valence-corrected chi connectivity index (χ0v) is 9.61. The highest BCUT2D eigenvalue weighted by molar-refractivity contribution is 6.29. The molecule has 6 heteroatoms. The summed E-state index contributed by atoms with van der Waals surface area (Å²) >= 11 is 5.83. The number of hydrogen-bond donors (Lipinski definition) is 1. The number of carbonyl (C=O) groups is 1. The first kappa shape index (κ1) is 11.1. The molecule has 1 N–H and O–H groups in total. The molecular formula is C10H12ClN3O2. The minimum absolute atomic E-state index is 0.346. The van der Waals surface area contributed by atoms with E-state index in [-0.39, 0.29) is 0 Å². The smallest absolute Gasteiger partial charge is 0.326 e. The van der Waals surface area contributed by atoms with E-state index in [9.17, 15) is 4.79 Å². The molecule has 0 aliphatic carbocycles. The van der Waals surface area contributed by atoms with Crippen molar-refractivity contribution in [2.75, 3.05) is 11.4 Å². The molecule has 1 atom stereocenters. The van der Waals surface area contributed by atoms with Crippen LogP contribution >= 0.6 is 11.6 Å². The number of anilines is 1. The lowest BCUT2D eigenvalue weighted by Gasteiger charge is -2.22. The molecule has 2 heterocycles. The van der Waals surface area contributed by atoms with Crippen LogP contribution in [0.3, 0.4) is 0 Å². The highest BCUT2D eigenvalue weighted by Gasteiger charge is 2.31. The third kappa shape index (κ3) is 2.09. The van der Waals surface area contributed by atoms with Crippen LogP contribution < -0.4 is 4.90 Å². The second-order valence-electron chi connectivity index (χ2n) is 3.79. The molecule has 1 aliphatic heterocycles. The summed E-state index contributed by atoms with van der Waals surface area (Å²) in [5.41, 5.74) is 0. The van der Waals surface area contributed by atoms with Gasteiger partial charge in [0.05, 0.1) is 0 Å². The SMILES string of the molecule is Cc1nc(Cl)cc(N2CCC[C@H]2C(=O)O)n1. The van der Waals surface area contributed by atoms with E-state index in [4.69, 9.17) is 16.7 Å². The van der Waals surface area contributed by atoms with Gasteiger partial charge < -0.3 is 10.0 Å². The summed E-state index contributed by atoms with van der Waals surface area (Å²) in [7, 11) is 0. The van der Waals surface area contributed by atoms with Gasteiger partial charge in [-0.1, -0.05) is 11.6 Å². The van der Waals surface area contributed by atoms with Gasteiger partial charge in [0.1, 0.15) is 22.8 Å². The van der Waals surface area contributed by atoms with Crippen molar-refractivity contribution in [3.8, 4) is 0 Å². The van der Waals surface area contributed by atoms with Crippen molar-refractivity contribution in [3.05, 3.63) is 17.0 Å². The third-order valence-electron chi connectivity index (χ3n) is 2.63. The summed E-state index contributed by atoms with van der Waals surface area (Å²) < 4.78 is 0. The summed E-state index contributed by atoms with van der Waals surface area (Å²) in [4.78, 5) is 21.0. The Hall–Kier alpha value is -1.36. The zero-order chi connectivity index (χ0) is 11.7. The first-order valence-corrected chi connectivity index (χ1v) is 5.46. The van der Waals surface area contributed by atoms with Crippen LogP contribution in [-0.2, 0) is 4.79 Å². The molecule has 0 amide bonds. The van der Waals surface area contributed by atoms with Gasteiger partial charge in [0.2, 0.25) is 0 Å². The summed E-state index contributed by atoms with van der Waals surface area (Å²) in [5.74, 6) is 0.339. The second kappa shape index (κ2) is 4.25. The van der Waals surface area contributed by atoms with E-state index >= 15 is 0 Å². The summed E-state index contributed by atoms with van der Waals surface area (Å²) in [6.45, 7) is 2.44. The van der Waals surface area contributed by atoms with Gasteiger partial charge >= 0.3 is 5.97 Å². The normalized spacial score (nSPS) is 20.1. The van der Waals surface area contributed by atoms with Crippen LogP contribution in [0.5, 0.6) is 0 Å². The van der Waals surface area contributed by atoms with Crippen LogP contribution in [-0.4, -0.2) is 33.6 Å². The Morgan fingerprint density at radius 2 is 2.38 bits per heavy atom. The van der Waals surface area contributed by atoms with Gasteiger partial charge in [-0.15, -0.1) is 0 Å². The van der Waals surface area contributed by atoms with Gasteiger partial charge in [0.15, 0.2) is 0 Å². The Morgan fingerprint density at radius 3 is 3.00 bits per heavy atom. The molecule has 1 aromatic rings. The van der Waals surface area contributed by atoms with Gasteiger partial charge in [-0.3, -0.25) is 0 Å². The van der Waals surface area contributed by atoms with Crippen molar-refractivity contribution in [2.24, 2.45) is 0 Å². The second-order valence-corrected chi connectivity index (χ2v) is 4.17. The largest absolute Gasteiger partial charge is 0.480 e. The molecule has 0 radical (unpaired) electrons. The van der Waals surface area contributed by atoms with Gasteiger partial charge in [0.25, 0.3) is 0 Å². The fraction of sp³-hybridized carbons (Fsp3) is 0.500. The van der Waals surface area contributed by atoms with E-state index in [1.165, 1.54) is 0 Å². The Bertz CT molecular complexity index is 404. The molecule has 0 saturated carbocycles. The summed E-state index contributed by atoms with van der Waals surface area (Å²) in [5, 5.41) is 9.41. The molecule has 0 spiro atoms. The van der Waals surface area contributed by atoms with Crippen molar-refractivity contribution >= 4 is 23.4 Å². The van der Waals surface area contributed by atoms with Crippen LogP contribution in [0.4, 0.5) is 5.82 Å². The third-order valence-corrected chi connectivity index (χ3v) is 2.82. The van der Waals surface area contributed by atoms with Crippen LogP contribution in [0.25, 0.3) is 0 Å². The van der Waals surface area contributed by atoms with Crippen LogP contribution in [0.1, 0.15) is 18.7 Å². The van der Waals surface area contributed by atoms with Crippen molar-refractivity contribution in [1.82, 2.24) is 9.97 Å². The molecule has 0 aromatic carbocycles. The number of rotatable bonds is 2. The van der Waals surface area contributed by atoms with E-state index in [0.717, 1.165) is 6.42 Å². The lowest BCUT2D eigenvalue weighted by atomic mass is 10.2. The van der Waals surface area contributed by atoms with Crippen molar-refractivity contribution in [3.63, 3.8) is 0 Å². The highest BCUT2D eigenvalue weighted by atomic mass is 35.5. The number of carboxylic acids is 1. The molecule has 1 aromatic heterocycles. The van der Waals surface area contributed by atoms with Gasteiger partial charge in [-0.25, -0.2) is 14.8 Å². The minimum atomic E-state index is -0.815. The summed E-state index contributed by atoms with van der Waals surface area (Å²) in [6.07, 6.45) is 1.51. The minimum Gasteiger partial charge on any atom is -0.480 e. The lowest BCUT2D eigenvalue weighted by molar-refractivity contribution is -0.138. The summed E-state index contributed by atoms with van der Waals surface area (Å²) in [6, 6.07) is 1.11. The molecule has 16 heavy (non-hydrogen) atoms. The fourth-order valence-electron chi connectivity index (χ4n) is 1.96. The Labute approximate surface area is 98.1 Å². The highest BCUT2D eigenvalue weighted by Crippen LogP contribution is 2.25. The van der Waals surface area contributed by atoms with Crippen LogP contribution in [0.15, 0.2) is 6.07 Å². The number of aryl methyl sites for hydroxylation is 1. The number of nitrogens with zero attached hydrogens (tertiary/aromatic N) is 3. The fourth-order valence-corrected chi connectivity index (χ4v) is 2.18. The Morgan fingerprint density at radius 1 is 1.62 bits per heavy atom. The van der Waals surface area contributed by atoms with E-state index < -0.39 is 12.0 Å². The van der Waals surface area contributed by atoms with Gasteiger partial charge in [-0.2, -0.15) is 0 Å².